The molecule has 1 aliphatic heterocycles. The monoisotopic (exact) mass is 461 g/mol. The summed E-state index contributed by atoms with van der Waals surface area (Å²) in [7, 11) is -2.42. The molecule has 1 atom stereocenters. The number of carbonyl (C=O) groups excluding carboxylic acids is 2. The summed E-state index contributed by atoms with van der Waals surface area (Å²) in [6.45, 7) is 3.84. The van der Waals surface area contributed by atoms with Gasteiger partial charge < -0.3 is 10.1 Å². The molecule has 2 aromatic rings. The first-order valence-electron chi connectivity index (χ1n) is 9.57. The molecule has 1 fully saturated rings. The number of nitrogens with zero attached hydrogens (tertiary/aromatic N) is 2. The zero-order valence-electron chi connectivity index (χ0n) is 17.4. The molecule has 0 aromatic heterocycles. The lowest BCUT2D eigenvalue weighted by molar-refractivity contribution is -0.128. The van der Waals surface area contributed by atoms with Gasteiger partial charge in [0, 0.05) is 18.7 Å². The lowest BCUT2D eigenvalue weighted by atomic mass is 10.2. The number of carbonyl (C=O) groups is 2. The number of amidine groups is 1. The van der Waals surface area contributed by atoms with Crippen molar-refractivity contribution in [1.82, 2.24) is 4.90 Å². The van der Waals surface area contributed by atoms with Crippen LogP contribution in [0.15, 0.2) is 57.8 Å². The van der Waals surface area contributed by atoms with Gasteiger partial charge in [-0.15, -0.1) is 4.40 Å². The molecule has 2 amide bonds. The van der Waals surface area contributed by atoms with Crippen molar-refractivity contribution in [2.24, 2.45) is 4.40 Å². The summed E-state index contributed by atoms with van der Waals surface area (Å²) in [4.78, 5) is 26.5. The van der Waals surface area contributed by atoms with E-state index in [1.54, 1.807) is 50.4 Å². The Bertz CT molecular complexity index is 1100. The number of nitrogens with one attached hydrogen (secondary N) is 1. The fourth-order valence-electron chi connectivity index (χ4n) is 2.92. The van der Waals surface area contributed by atoms with E-state index < -0.39 is 15.3 Å². The molecule has 0 spiro atoms. The van der Waals surface area contributed by atoms with E-state index in [4.69, 9.17) is 4.74 Å². The molecule has 3 rings (SSSR count). The lowest BCUT2D eigenvalue weighted by Crippen LogP contribution is -2.33. The molecular weight excluding hydrogens is 438 g/mol. The number of thioether (sulfide) groups is 1. The van der Waals surface area contributed by atoms with E-state index in [9.17, 15) is 18.0 Å². The van der Waals surface area contributed by atoms with Gasteiger partial charge in [-0.3, -0.25) is 14.5 Å². The van der Waals surface area contributed by atoms with Crippen LogP contribution in [0.3, 0.4) is 0 Å². The number of amides is 2. The third kappa shape index (κ3) is 5.45. The van der Waals surface area contributed by atoms with Crippen molar-refractivity contribution in [2.45, 2.75) is 30.4 Å². The SMILES string of the molecule is CCN1C(=O)[C@H](CC(=O)Nc2ccc(OC)cc2)SC1=NS(=O)(=O)c1ccc(C)cc1. The van der Waals surface area contributed by atoms with Crippen molar-refractivity contribution in [3.05, 3.63) is 54.1 Å². The lowest BCUT2D eigenvalue weighted by Gasteiger charge is -2.13. The predicted octanol–water partition coefficient (Wildman–Crippen LogP) is 3.04. The molecule has 1 aliphatic rings. The van der Waals surface area contributed by atoms with E-state index >= 15 is 0 Å². The van der Waals surface area contributed by atoms with Crippen LogP contribution in [0.1, 0.15) is 18.9 Å². The van der Waals surface area contributed by atoms with Crippen LogP contribution in [0, 0.1) is 6.92 Å². The first-order valence-corrected chi connectivity index (χ1v) is 11.9. The molecule has 31 heavy (non-hydrogen) atoms. The second kappa shape index (κ2) is 9.52. The van der Waals surface area contributed by atoms with Gasteiger partial charge in [0.1, 0.15) is 11.0 Å². The third-order valence-electron chi connectivity index (χ3n) is 4.60. The van der Waals surface area contributed by atoms with E-state index in [0.717, 1.165) is 17.3 Å². The molecule has 164 valence electrons. The Balaban J connectivity index is 1.73. The molecule has 2 aromatic carbocycles. The van der Waals surface area contributed by atoms with Gasteiger partial charge in [-0.25, -0.2) is 0 Å². The van der Waals surface area contributed by atoms with Crippen LogP contribution in [-0.4, -0.2) is 49.2 Å². The van der Waals surface area contributed by atoms with Gasteiger partial charge in [-0.1, -0.05) is 29.5 Å². The van der Waals surface area contributed by atoms with Gasteiger partial charge in [-0.2, -0.15) is 8.42 Å². The summed E-state index contributed by atoms with van der Waals surface area (Å²) in [6.07, 6.45) is -0.102. The summed E-state index contributed by atoms with van der Waals surface area (Å²) in [5.74, 6) is -0.0290. The molecule has 8 nitrogen and oxygen atoms in total. The summed E-state index contributed by atoms with van der Waals surface area (Å²) in [5.41, 5.74) is 1.50. The quantitative estimate of drug-likeness (QED) is 0.680. The average Bonchev–Trinajstić information content (AvgIpc) is 3.02. The van der Waals surface area contributed by atoms with E-state index in [0.29, 0.717) is 11.4 Å². The third-order valence-corrected chi connectivity index (χ3v) is 7.17. The zero-order chi connectivity index (χ0) is 22.6. The van der Waals surface area contributed by atoms with Gasteiger partial charge >= 0.3 is 0 Å². The Morgan fingerprint density at radius 1 is 1.16 bits per heavy atom. The van der Waals surface area contributed by atoms with E-state index in [1.165, 1.54) is 17.0 Å². The molecule has 0 unspecified atom stereocenters. The van der Waals surface area contributed by atoms with E-state index in [2.05, 4.69) is 9.71 Å². The number of anilines is 1. The fourth-order valence-corrected chi connectivity index (χ4v) is 5.34. The second-order valence-electron chi connectivity index (χ2n) is 6.83. The maximum Gasteiger partial charge on any atom is 0.284 e. The molecule has 0 saturated carbocycles. The smallest absolute Gasteiger partial charge is 0.284 e. The summed E-state index contributed by atoms with van der Waals surface area (Å²) >= 11 is 0.987. The number of rotatable bonds is 7. The minimum Gasteiger partial charge on any atom is -0.497 e. The van der Waals surface area contributed by atoms with Crippen LogP contribution < -0.4 is 10.1 Å². The van der Waals surface area contributed by atoms with Crippen LogP contribution in [0.2, 0.25) is 0 Å². The number of aryl methyl sites for hydroxylation is 1. The van der Waals surface area contributed by atoms with Crippen LogP contribution in [0.4, 0.5) is 5.69 Å². The Labute approximate surface area is 185 Å². The van der Waals surface area contributed by atoms with Crippen molar-refractivity contribution in [3.8, 4) is 5.75 Å². The van der Waals surface area contributed by atoms with Gasteiger partial charge in [-0.05, 0) is 50.2 Å². The molecule has 10 heteroatoms. The molecule has 1 saturated heterocycles. The molecule has 0 aliphatic carbocycles. The number of ether oxygens (including phenoxy) is 1. The summed E-state index contributed by atoms with van der Waals surface area (Å²) in [6, 6.07) is 13.1. The maximum atomic E-state index is 12.7. The Morgan fingerprint density at radius 3 is 2.39 bits per heavy atom. The van der Waals surface area contributed by atoms with E-state index in [1.807, 2.05) is 6.92 Å². The zero-order valence-corrected chi connectivity index (χ0v) is 19.0. The van der Waals surface area contributed by atoms with Crippen LogP contribution in [-0.2, 0) is 19.6 Å². The topological polar surface area (TPSA) is 105 Å². The van der Waals surface area contributed by atoms with Crippen LogP contribution >= 0.6 is 11.8 Å². The summed E-state index contributed by atoms with van der Waals surface area (Å²) in [5, 5.41) is 2.06. The van der Waals surface area contributed by atoms with Gasteiger partial charge in [0.25, 0.3) is 10.0 Å². The van der Waals surface area contributed by atoms with Gasteiger partial charge in [0.2, 0.25) is 11.8 Å². The minimum atomic E-state index is -3.97. The molecule has 1 N–H and O–H groups in total. The molecule has 1 heterocycles. The highest BCUT2D eigenvalue weighted by Gasteiger charge is 2.39. The number of sulfonamides is 1. The van der Waals surface area contributed by atoms with Gasteiger partial charge in [0.05, 0.1) is 12.0 Å². The maximum absolute atomic E-state index is 12.7. The Morgan fingerprint density at radius 2 is 1.81 bits per heavy atom. The van der Waals surface area contributed by atoms with Crippen molar-refractivity contribution in [2.75, 3.05) is 19.0 Å². The number of benzene rings is 2. The minimum absolute atomic E-state index is 0.0513. The van der Waals surface area contributed by atoms with E-state index in [-0.39, 0.29) is 34.8 Å². The van der Waals surface area contributed by atoms with Crippen LogP contribution in [0.5, 0.6) is 5.75 Å². The molecule has 0 bridgehead atoms. The highest BCUT2D eigenvalue weighted by molar-refractivity contribution is 8.16. The first-order chi connectivity index (χ1) is 14.7. The predicted molar refractivity (Wildman–Crippen MR) is 121 cm³/mol. The Kier molecular flexibility index (Phi) is 7.01. The first kappa shape index (κ1) is 22.8. The second-order valence-corrected chi connectivity index (χ2v) is 9.61. The highest BCUT2D eigenvalue weighted by atomic mass is 32.2. The molecular formula is C21H23N3O5S2. The highest BCUT2D eigenvalue weighted by Crippen LogP contribution is 2.31. The number of hydrogen-bond acceptors (Lipinski definition) is 6. The fraction of sp³-hybridized carbons (Fsp3) is 0.286. The Hall–Kier alpha value is -2.85. The largest absolute Gasteiger partial charge is 0.497 e. The number of hydrogen-bond donors (Lipinski definition) is 1. The normalized spacial score (nSPS) is 17.8. The van der Waals surface area contributed by atoms with Crippen LogP contribution in [0.25, 0.3) is 0 Å². The van der Waals surface area contributed by atoms with Crippen molar-refractivity contribution >= 4 is 44.5 Å². The van der Waals surface area contributed by atoms with Crippen molar-refractivity contribution in [3.63, 3.8) is 0 Å². The molecule has 0 radical (unpaired) electrons. The van der Waals surface area contributed by atoms with Crippen molar-refractivity contribution in [1.29, 1.82) is 0 Å². The average molecular weight is 462 g/mol. The number of methoxy groups -OCH3 is 1. The summed E-state index contributed by atoms with van der Waals surface area (Å²) < 4.78 is 34.3. The van der Waals surface area contributed by atoms with Gasteiger partial charge in [0.15, 0.2) is 5.17 Å². The standard InChI is InChI=1S/C21H23N3O5S2/c1-4-24-20(26)18(13-19(25)22-15-7-9-16(29-3)10-8-15)30-21(24)23-31(27,28)17-11-5-14(2)6-12-17/h5-12,18H,4,13H2,1-3H3,(H,22,25)/t18-/m0/s1. The van der Waals surface area contributed by atoms with Crippen molar-refractivity contribution < 1.29 is 22.7 Å².